The first kappa shape index (κ1) is 12.3. The van der Waals surface area contributed by atoms with Crippen molar-refractivity contribution in [3.05, 3.63) is 0 Å². The van der Waals surface area contributed by atoms with Gasteiger partial charge in [-0.15, -0.1) is 0 Å². The van der Waals surface area contributed by atoms with Crippen LogP contribution < -0.4 is 0 Å². The average Bonchev–Trinajstić information content (AvgIpc) is 2.09. The van der Waals surface area contributed by atoms with E-state index < -0.39 is 0 Å². The Hall–Kier alpha value is -0.690. The number of nitrogens with zero attached hydrogens (tertiary/aromatic N) is 1. The molecule has 0 aromatic heterocycles. The summed E-state index contributed by atoms with van der Waals surface area (Å²) in [6.07, 6.45) is 2.87. The van der Waals surface area contributed by atoms with Crippen LogP contribution in [0.5, 0.6) is 0 Å². The van der Waals surface area contributed by atoms with Gasteiger partial charge < -0.3 is 4.74 Å². The Morgan fingerprint density at radius 2 is 2.38 bits per heavy atom. The third kappa shape index (κ3) is 7.66. The molecule has 0 aromatic carbocycles. The number of hydrogen-bond acceptors (Lipinski definition) is 4. The fourth-order valence-electron chi connectivity index (χ4n) is 0.973. The predicted molar refractivity (Wildman–Crippen MR) is 53.2 cm³/mol. The van der Waals surface area contributed by atoms with E-state index in [-0.39, 0.29) is 12.1 Å². The minimum atomic E-state index is -0.264. The Balaban J connectivity index is 3.74. The molecule has 0 fully saturated rings. The normalized spacial score (nSPS) is 11.8. The number of carbonyl (C=O) groups is 1. The molecule has 0 aliphatic rings. The van der Waals surface area contributed by atoms with Gasteiger partial charge in [-0.1, -0.05) is 19.8 Å². The molecular formula is C9H15NO2S. The summed E-state index contributed by atoms with van der Waals surface area (Å²) in [4.78, 5) is 10.7. The highest BCUT2D eigenvalue weighted by Crippen LogP contribution is 2.11. The number of unbranched alkanes of at least 4 members (excludes halogenated alkanes) is 1. The minimum absolute atomic E-state index is 0.0953. The maximum absolute atomic E-state index is 10.7. The molecular weight excluding hydrogens is 186 g/mol. The molecule has 0 amide bonds. The maximum atomic E-state index is 10.7. The van der Waals surface area contributed by atoms with Crippen molar-refractivity contribution in [2.75, 3.05) is 5.75 Å². The van der Waals surface area contributed by atoms with Gasteiger partial charge in [0.15, 0.2) is 0 Å². The first-order chi connectivity index (χ1) is 6.20. The zero-order chi connectivity index (χ0) is 10.1. The fraction of sp³-hybridized carbons (Fsp3) is 0.778. The second kappa shape index (κ2) is 7.93. The molecule has 0 heterocycles. The van der Waals surface area contributed by atoms with E-state index in [9.17, 15) is 4.79 Å². The molecule has 0 aliphatic carbocycles. The molecule has 1 atom stereocenters. The van der Waals surface area contributed by atoms with Crippen molar-refractivity contribution in [1.82, 2.24) is 0 Å². The van der Waals surface area contributed by atoms with Crippen molar-refractivity contribution >= 4 is 17.7 Å². The lowest BCUT2D eigenvalue weighted by molar-refractivity contribution is -0.145. The van der Waals surface area contributed by atoms with Gasteiger partial charge in [0.1, 0.15) is 11.5 Å². The summed E-state index contributed by atoms with van der Waals surface area (Å²) in [5.41, 5.74) is 0. The van der Waals surface area contributed by atoms with E-state index in [1.54, 1.807) is 0 Å². The molecule has 0 rings (SSSR count). The molecule has 0 saturated heterocycles. The van der Waals surface area contributed by atoms with Crippen LogP contribution in [-0.4, -0.2) is 17.8 Å². The molecule has 0 saturated carbocycles. The summed E-state index contributed by atoms with van der Waals surface area (Å²) in [6.45, 7) is 3.48. The lowest BCUT2D eigenvalue weighted by Gasteiger charge is -2.14. The van der Waals surface area contributed by atoms with Crippen LogP contribution in [0.1, 0.15) is 33.1 Å². The summed E-state index contributed by atoms with van der Waals surface area (Å²) in [6, 6.07) is 0. The van der Waals surface area contributed by atoms with Gasteiger partial charge in [0.25, 0.3) is 0 Å². The van der Waals surface area contributed by atoms with Crippen molar-refractivity contribution in [3.8, 4) is 5.40 Å². The third-order valence-corrected chi connectivity index (χ3v) is 2.21. The Morgan fingerprint density at radius 3 is 2.85 bits per heavy atom. The highest BCUT2D eigenvalue weighted by molar-refractivity contribution is 8.03. The maximum Gasteiger partial charge on any atom is 0.302 e. The van der Waals surface area contributed by atoms with Crippen LogP contribution in [0.15, 0.2) is 0 Å². The lowest BCUT2D eigenvalue weighted by atomic mass is 10.2. The lowest BCUT2D eigenvalue weighted by Crippen LogP contribution is -2.18. The molecule has 0 aliphatic heterocycles. The SMILES string of the molecule is CCCCC(CSC#N)OC(C)=O. The second-order valence-corrected chi connectivity index (χ2v) is 3.58. The molecule has 74 valence electrons. The highest BCUT2D eigenvalue weighted by Gasteiger charge is 2.10. The van der Waals surface area contributed by atoms with E-state index in [2.05, 4.69) is 6.92 Å². The van der Waals surface area contributed by atoms with Crippen LogP contribution in [0, 0.1) is 10.7 Å². The van der Waals surface area contributed by atoms with E-state index in [1.807, 2.05) is 5.40 Å². The van der Waals surface area contributed by atoms with E-state index in [0.29, 0.717) is 5.75 Å². The van der Waals surface area contributed by atoms with Gasteiger partial charge in [0, 0.05) is 12.7 Å². The van der Waals surface area contributed by atoms with Gasteiger partial charge in [-0.2, -0.15) is 5.26 Å². The van der Waals surface area contributed by atoms with Gasteiger partial charge in [0.2, 0.25) is 0 Å². The van der Waals surface area contributed by atoms with Gasteiger partial charge in [0.05, 0.1) is 0 Å². The Kier molecular flexibility index (Phi) is 7.51. The first-order valence-electron chi connectivity index (χ1n) is 4.38. The predicted octanol–water partition coefficient (Wildman–Crippen LogP) is 2.32. The van der Waals surface area contributed by atoms with E-state index >= 15 is 0 Å². The zero-order valence-corrected chi connectivity index (χ0v) is 8.89. The smallest absolute Gasteiger partial charge is 0.302 e. The Labute approximate surface area is 83.4 Å². The number of ether oxygens (including phenoxy) is 1. The van der Waals surface area contributed by atoms with Crippen LogP contribution in [0.25, 0.3) is 0 Å². The van der Waals surface area contributed by atoms with Crippen molar-refractivity contribution in [1.29, 1.82) is 5.26 Å². The van der Waals surface area contributed by atoms with Crippen molar-refractivity contribution in [3.63, 3.8) is 0 Å². The number of thioether (sulfide) groups is 1. The number of nitriles is 1. The molecule has 3 nitrogen and oxygen atoms in total. The summed E-state index contributed by atoms with van der Waals surface area (Å²) in [7, 11) is 0. The number of rotatable bonds is 6. The van der Waals surface area contributed by atoms with Crippen molar-refractivity contribution in [2.45, 2.75) is 39.2 Å². The van der Waals surface area contributed by atoms with E-state index in [0.717, 1.165) is 31.0 Å². The molecule has 1 unspecified atom stereocenters. The topological polar surface area (TPSA) is 50.1 Å². The molecule has 13 heavy (non-hydrogen) atoms. The van der Waals surface area contributed by atoms with Crippen molar-refractivity contribution in [2.24, 2.45) is 0 Å². The standard InChI is InChI=1S/C9H15NO2S/c1-3-4-5-9(6-13-7-10)12-8(2)11/h9H,3-6H2,1-2H3. The molecule has 0 N–H and O–H groups in total. The Morgan fingerprint density at radius 1 is 1.69 bits per heavy atom. The van der Waals surface area contributed by atoms with Crippen LogP contribution in [-0.2, 0) is 9.53 Å². The average molecular weight is 201 g/mol. The summed E-state index contributed by atoms with van der Waals surface area (Å²) in [5.74, 6) is 0.315. The monoisotopic (exact) mass is 201 g/mol. The fourth-order valence-corrected chi connectivity index (χ4v) is 1.47. The zero-order valence-electron chi connectivity index (χ0n) is 8.08. The van der Waals surface area contributed by atoms with Gasteiger partial charge in [-0.25, -0.2) is 0 Å². The molecule has 4 heteroatoms. The highest BCUT2D eigenvalue weighted by atomic mass is 32.2. The largest absolute Gasteiger partial charge is 0.462 e. The summed E-state index contributed by atoms with van der Waals surface area (Å²) in [5, 5.41) is 10.3. The second-order valence-electron chi connectivity index (χ2n) is 2.78. The molecule has 0 radical (unpaired) electrons. The molecule has 0 bridgehead atoms. The minimum Gasteiger partial charge on any atom is -0.462 e. The quantitative estimate of drug-likeness (QED) is 0.489. The van der Waals surface area contributed by atoms with E-state index in [1.165, 1.54) is 6.92 Å². The van der Waals surface area contributed by atoms with E-state index in [4.69, 9.17) is 10.00 Å². The first-order valence-corrected chi connectivity index (χ1v) is 5.37. The van der Waals surface area contributed by atoms with Gasteiger partial charge >= 0.3 is 5.97 Å². The van der Waals surface area contributed by atoms with Crippen LogP contribution in [0.3, 0.4) is 0 Å². The molecule has 0 spiro atoms. The van der Waals surface area contributed by atoms with Gasteiger partial charge in [-0.3, -0.25) is 4.79 Å². The summed E-state index contributed by atoms with van der Waals surface area (Å²) < 4.78 is 5.04. The van der Waals surface area contributed by atoms with Crippen LogP contribution >= 0.6 is 11.8 Å². The van der Waals surface area contributed by atoms with Crippen LogP contribution in [0.2, 0.25) is 0 Å². The number of carbonyl (C=O) groups excluding carboxylic acids is 1. The van der Waals surface area contributed by atoms with Crippen LogP contribution in [0.4, 0.5) is 0 Å². The van der Waals surface area contributed by atoms with Gasteiger partial charge in [-0.05, 0) is 18.2 Å². The number of thiocyanates is 1. The third-order valence-electron chi connectivity index (χ3n) is 1.55. The molecule has 0 aromatic rings. The van der Waals surface area contributed by atoms with Crippen molar-refractivity contribution < 1.29 is 9.53 Å². The number of hydrogen-bond donors (Lipinski definition) is 0. The summed E-state index contributed by atoms with van der Waals surface area (Å²) >= 11 is 1.14. The Bertz CT molecular complexity index is 189. The number of esters is 1.